The van der Waals surface area contributed by atoms with Crippen LogP contribution >= 0.6 is 23.2 Å². The lowest BCUT2D eigenvalue weighted by Gasteiger charge is -2.26. The van der Waals surface area contributed by atoms with Crippen LogP contribution in [0, 0.1) is 5.92 Å². The van der Waals surface area contributed by atoms with E-state index in [1.165, 1.54) is 6.20 Å². The van der Waals surface area contributed by atoms with Gasteiger partial charge in [-0.25, -0.2) is 13.1 Å². The van der Waals surface area contributed by atoms with Gasteiger partial charge in [-0.05, 0) is 49.8 Å². The molecule has 1 fully saturated rings. The molecule has 1 aromatic heterocycles. The quantitative estimate of drug-likeness (QED) is 0.795. The first kappa shape index (κ1) is 18.6. The summed E-state index contributed by atoms with van der Waals surface area (Å²) in [5.74, 6) is 0.677. The van der Waals surface area contributed by atoms with Crippen molar-refractivity contribution < 1.29 is 8.42 Å². The number of halogens is 2. The second-order valence-electron chi connectivity index (χ2n) is 6.59. The van der Waals surface area contributed by atoms with E-state index >= 15 is 0 Å². The van der Waals surface area contributed by atoms with Gasteiger partial charge < -0.3 is 0 Å². The van der Waals surface area contributed by atoms with Crippen LogP contribution < -0.4 is 4.72 Å². The summed E-state index contributed by atoms with van der Waals surface area (Å²) in [7, 11) is -3.52. The Balaban J connectivity index is 1.77. The molecule has 1 heterocycles. The van der Waals surface area contributed by atoms with Gasteiger partial charge in [-0.15, -0.1) is 0 Å². The number of hydrogen-bond donors (Lipinski definition) is 1. The molecule has 4 nitrogen and oxygen atoms in total. The number of rotatable bonds is 4. The largest absolute Gasteiger partial charge is 0.253 e. The second kappa shape index (κ2) is 7.62. The second-order valence-corrected chi connectivity index (χ2v) is 9.14. The van der Waals surface area contributed by atoms with Gasteiger partial charge in [0.15, 0.2) is 0 Å². The summed E-state index contributed by atoms with van der Waals surface area (Å²) in [5, 5.41) is 0.886. The number of aromatic nitrogens is 1. The van der Waals surface area contributed by atoms with Crippen molar-refractivity contribution in [2.45, 2.75) is 43.5 Å². The molecule has 0 unspecified atom stereocenters. The monoisotopic (exact) mass is 398 g/mol. The van der Waals surface area contributed by atoms with E-state index in [9.17, 15) is 8.42 Å². The molecule has 3 rings (SSSR count). The molecule has 0 spiro atoms. The molecule has 1 saturated carbocycles. The Hall–Kier alpha value is -1.14. The fraction of sp³-hybridized carbons (Fsp3) is 0.389. The minimum absolute atomic E-state index is 0.0215. The van der Waals surface area contributed by atoms with Crippen LogP contribution in [0.1, 0.15) is 32.6 Å². The van der Waals surface area contributed by atoms with Crippen molar-refractivity contribution in [3.63, 3.8) is 0 Å². The standard InChI is InChI=1S/C18H20Cl2N2O2S/c1-12-2-6-15(7-3-12)22-25(23,24)16-8-4-13(5-9-16)18-17(20)10-14(19)11-21-18/h4-5,8-12,15,22H,2-3,6-7H2,1H3. The van der Waals surface area contributed by atoms with E-state index in [-0.39, 0.29) is 10.9 Å². The van der Waals surface area contributed by atoms with E-state index in [2.05, 4.69) is 16.6 Å². The number of nitrogens with one attached hydrogen (secondary N) is 1. The highest BCUT2D eigenvalue weighted by Crippen LogP contribution is 2.29. The van der Waals surface area contributed by atoms with Gasteiger partial charge in [0.2, 0.25) is 10.0 Å². The highest BCUT2D eigenvalue weighted by Gasteiger charge is 2.24. The lowest BCUT2D eigenvalue weighted by Crippen LogP contribution is -2.37. The van der Waals surface area contributed by atoms with E-state index in [1.807, 2.05) is 0 Å². The maximum Gasteiger partial charge on any atom is 0.240 e. The topological polar surface area (TPSA) is 59.1 Å². The van der Waals surface area contributed by atoms with Crippen molar-refractivity contribution in [1.82, 2.24) is 9.71 Å². The summed E-state index contributed by atoms with van der Waals surface area (Å²) in [6.45, 7) is 2.21. The van der Waals surface area contributed by atoms with Gasteiger partial charge in [0.25, 0.3) is 0 Å². The van der Waals surface area contributed by atoms with Gasteiger partial charge in [-0.1, -0.05) is 42.3 Å². The number of sulfonamides is 1. The Kier molecular flexibility index (Phi) is 5.68. The maximum absolute atomic E-state index is 12.6. The van der Waals surface area contributed by atoms with Crippen LogP contribution in [0.3, 0.4) is 0 Å². The van der Waals surface area contributed by atoms with Gasteiger partial charge in [0, 0.05) is 17.8 Å². The number of benzene rings is 1. The zero-order chi connectivity index (χ0) is 18.0. The summed E-state index contributed by atoms with van der Waals surface area (Å²) in [6, 6.07) is 8.21. The van der Waals surface area contributed by atoms with E-state index in [1.54, 1.807) is 30.3 Å². The minimum atomic E-state index is -3.52. The van der Waals surface area contributed by atoms with Gasteiger partial charge in [0.1, 0.15) is 0 Å². The Morgan fingerprint density at radius 3 is 2.32 bits per heavy atom. The molecular weight excluding hydrogens is 379 g/mol. The molecule has 0 amide bonds. The molecule has 1 aliphatic carbocycles. The molecule has 1 N–H and O–H groups in total. The average molecular weight is 399 g/mol. The molecule has 0 aliphatic heterocycles. The fourth-order valence-corrected chi connectivity index (χ4v) is 4.88. The van der Waals surface area contributed by atoms with Crippen molar-refractivity contribution in [3.05, 3.63) is 46.6 Å². The first-order valence-electron chi connectivity index (χ1n) is 8.29. The molecule has 0 bridgehead atoms. The Morgan fingerprint density at radius 2 is 1.72 bits per heavy atom. The molecule has 1 aromatic carbocycles. The summed E-state index contributed by atoms with van der Waals surface area (Å²) in [5.41, 5.74) is 1.32. The molecule has 1 aliphatic rings. The minimum Gasteiger partial charge on any atom is -0.253 e. The highest BCUT2D eigenvalue weighted by atomic mass is 35.5. The Morgan fingerprint density at radius 1 is 1.08 bits per heavy atom. The van der Waals surface area contributed by atoms with Crippen molar-refractivity contribution in [3.8, 4) is 11.3 Å². The number of hydrogen-bond acceptors (Lipinski definition) is 3. The molecule has 0 radical (unpaired) electrons. The summed E-state index contributed by atoms with van der Waals surface area (Å²) >= 11 is 12.0. The summed E-state index contributed by atoms with van der Waals surface area (Å²) in [6.07, 6.45) is 5.42. The Bertz CT molecular complexity index is 846. The third-order valence-electron chi connectivity index (χ3n) is 4.58. The van der Waals surface area contributed by atoms with Crippen LogP contribution in [0.5, 0.6) is 0 Å². The smallest absolute Gasteiger partial charge is 0.240 e. The van der Waals surface area contributed by atoms with Gasteiger partial charge in [0.05, 0.1) is 20.6 Å². The third-order valence-corrected chi connectivity index (χ3v) is 6.61. The SMILES string of the molecule is CC1CCC(NS(=O)(=O)c2ccc(-c3ncc(Cl)cc3Cl)cc2)CC1. The predicted molar refractivity (Wildman–Crippen MR) is 101 cm³/mol. The van der Waals surface area contributed by atoms with Crippen LogP contribution in [-0.4, -0.2) is 19.4 Å². The van der Waals surface area contributed by atoms with Crippen molar-refractivity contribution in [1.29, 1.82) is 0 Å². The predicted octanol–water partition coefficient (Wildman–Crippen LogP) is 4.91. The first-order valence-corrected chi connectivity index (χ1v) is 10.5. The van der Waals surface area contributed by atoms with Gasteiger partial charge >= 0.3 is 0 Å². The summed E-state index contributed by atoms with van der Waals surface area (Å²) in [4.78, 5) is 4.46. The van der Waals surface area contributed by atoms with Crippen LogP contribution in [-0.2, 0) is 10.0 Å². The molecular formula is C18H20Cl2N2O2S. The summed E-state index contributed by atoms with van der Waals surface area (Å²) < 4.78 is 28.0. The number of pyridine rings is 1. The fourth-order valence-electron chi connectivity index (χ4n) is 3.08. The van der Waals surface area contributed by atoms with E-state index in [0.717, 1.165) is 31.2 Å². The number of nitrogens with zero attached hydrogens (tertiary/aromatic N) is 1. The average Bonchev–Trinajstić information content (AvgIpc) is 2.57. The molecule has 7 heteroatoms. The lowest BCUT2D eigenvalue weighted by molar-refractivity contribution is 0.332. The highest BCUT2D eigenvalue weighted by molar-refractivity contribution is 7.89. The normalized spacial score (nSPS) is 21.2. The van der Waals surface area contributed by atoms with Crippen LogP contribution in [0.4, 0.5) is 0 Å². The van der Waals surface area contributed by atoms with Crippen LogP contribution in [0.2, 0.25) is 10.0 Å². The molecule has 0 atom stereocenters. The lowest BCUT2D eigenvalue weighted by atomic mass is 9.88. The van der Waals surface area contributed by atoms with Crippen molar-refractivity contribution >= 4 is 33.2 Å². The third kappa shape index (κ3) is 4.53. The van der Waals surface area contributed by atoms with Gasteiger partial charge in [-0.2, -0.15) is 0 Å². The Labute approximate surface area is 158 Å². The van der Waals surface area contributed by atoms with E-state index < -0.39 is 10.0 Å². The molecule has 25 heavy (non-hydrogen) atoms. The first-order chi connectivity index (χ1) is 11.8. The molecule has 0 saturated heterocycles. The van der Waals surface area contributed by atoms with Crippen LogP contribution in [0.15, 0.2) is 41.4 Å². The van der Waals surface area contributed by atoms with Crippen molar-refractivity contribution in [2.24, 2.45) is 5.92 Å². The maximum atomic E-state index is 12.6. The molecule has 134 valence electrons. The zero-order valence-electron chi connectivity index (χ0n) is 13.9. The molecule has 2 aromatic rings. The van der Waals surface area contributed by atoms with E-state index in [0.29, 0.717) is 21.7 Å². The van der Waals surface area contributed by atoms with Crippen LogP contribution in [0.25, 0.3) is 11.3 Å². The zero-order valence-corrected chi connectivity index (χ0v) is 16.2. The van der Waals surface area contributed by atoms with E-state index in [4.69, 9.17) is 23.2 Å². The van der Waals surface area contributed by atoms with Gasteiger partial charge in [-0.3, -0.25) is 4.98 Å². The van der Waals surface area contributed by atoms with Crippen molar-refractivity contribution in [2.75, 3.05) is 0 Å².